The molecule has 3 heterocycles. The maximum atomic E-state index is 13.1. The Morgan fingerprint density at radius 3 is 2.45 bits per heavy atom. The highest BCUT2D eigenvalue weighted by molar-refractivity contribution is 7.89. The van der Waals surface area contributed by atoms with Crippen molar-refractivity contribution in [1.82, 2.24) is 19.7 Å². The Bertz CT molecular complexity index is 870. The predicted octanol–water partition coefficient (Wildman–Crippen LogP) is 1.85. The number of rotatable bonds is 7. The summed E-state index contributed by atoms with van der Waals surface area (Å²) in [6.45, 7) is 7.66. The molecule has 10 heteroatoms. The van der Waals surface area contributed by atoms with Gasteiger partial charge in [-0.05, 0) is 46.0 Å². The summed E-state index contributed by atoms with van der Waals surface area (Å²) in [6.07, 6.45) is 4.56. The summed E-state index contributed by atoms with van der Waals surface area (Å²) in [5.41, 5.74) is 0.354. The number of carbonyl (C=O) groups is 2. The van der Waals surface area contributed by atoms with E-state index in [0.29, 0.717) is 38.2 Å². The van der Waals surface area contributed by atoms with Crippen molar-refractivity contribution in [2.24, 2.45) is 11.8 Å². The van der Waals surface area contributed by atoms with Crippen LogP contribution in [0.5, 0.6) is 0 Å². The lowest BCUT2D eigenvalue weighted by atomic mass is 9.92. The molecule has 0 saturated carbocycles. The Hall–Kier alpha value is -1.94. The molecule has 3 rings (SSSR count). The molecule has 1 aromatic rings. The molecule has 174 valence electrons. The zero-order valence-electron chi connectivity index (χ0n) is 18.7. The summed E-state index contributed by atoms with van der Waals surface area (Å²) in [5.74, 6) is -0.00775. The fourth-order valence-electron chi connectivity index (χ4n) is 4.50. The number of nitrogens with one attached hydrogen (secondary N) is 1. The van der Waals surface area contributed by atoms with Crippen LogP contribution in [-0.4, -0.2) is 67.3 Å². The second-order valence-corrected chi connectivity index (χ2v) is 10.5. The van der Waals surface area contributed by atoms with Gasteiger partial charge in [0.15, 0.2) is 5.76 Å². The van der Waals surface area contributed by atoms with Crippen LogP contribution in [0.2, 0.25) is 0 Å². The summed E-state index contributed by atoms with van der Waals surface area (Å²) < 4.78 is 32.4. The molecule has 2 aliphatic rings. The number of aryl methyl sites for hydroxylation is 2. The molecule has 2 aliphatic heterocycles. The average Bonchev–Trinajstić information content (AvgIpc) is 3.12. The quantitative estimate of drug-likeness (QED) is 0.629. The van der Waals surface area contributed by atoms with Gasteiger partial charge in [0.1, 0.15) is 10.6 Å². The van der Waals surface area contributed by atoms with Gasteiger partial charge in [-0.1, -0.05) is 18.5 Å². The van der Waals surface area contributed by atoms with Crippen LogP contribution in [0, 0.1) is 25.7 Å². The summed E-state index contributed by atoms with van der Waals surface area (Å²) >= 11 is 0. The number of hydrogen-bond donors (Lipinski definition) is 1. The number of piperidine rings is 2. The molecule has 9 nitrogen and oxygen atoms in total. The molecule has 2 saturated heterocycles. The van der Waals surface area contributed by atoms with Crippen LogP contribution < -0.4 is 5.32 Å². The van der Waals surface area contributed by atoms with E-state index in [1.54, 1.807) is 18.7 Å². The Labute approximate surface area is 184 Å². The molecule has 0 spiro atoms. The van der Waals surface area contributed by atoms with E-state index in [1.807, 2.05) is 0 Å². The smallest absolute Gasteiger partial charge is 0.248 e. The number of likely N-dealkylation sites (tertiary alicyclic amines) is 1. The lowest BCUT2D eigenvalue weighted by Gasteiger charge is -2.37. The van der Waals surface area contributed by atoms with Crippen LogP contribution in [0.4, 0.5) is 0 Å². The predicted molar refractivity (Wildman–Crippen MR) is 115 cm³/mol. The first-order valence-electron chi connectivity index (χ1n) is 11.2. The first-order chi connectivity index (χ1) is 14.8. The number of sulfonamides is 1. The lowest BCUT2D eigenvalue weighted by Crippen LogP contribution is -2.49. The number of amides is 2. The Balaban J connectivity index is 1.56. The highest BCUT2D eigenvalue weighted by atomic mass is 32.2. The van der Waals surface area contributed by atoms with Crippen LogP contribution in [-0.2, 0) is 19.6 Å². The Morgan fingerprint density at radius 2 is 1.84 bits per heavy atom. The van der Waals surface area contributed by atoms with Crippen molar-refractivity contribution in [2.75, 3.05) is 32.7 Å². The number of nitrogens with zero attached hydrogens (tertiary/aromatic N) is 3. The van der Waals surface area contributed by atoms with E-state index in [9.17, 15) is 18.0 Å². The molecule has 1 aromatic heterocycles. The first kappa shape index (κ1) is 23.7. The third-order valence-electron chi connectivity index (χ3n) is 6.30. The summed E-state index contributed by atoms with van der Waals surface area (Å²) in [4.78, 5) is 27.4. The summed E-state index contributed by atoms with van der Waals surface area (Å²) in [7, 11) is -3.69. The minimum atomic E-state index is -3.69. The van der Waals surface area contributed by atoms with Crippen molar-refractivity contribution in [3.63, 3.8) is 0 Å². The van der Waals surface area contributed by atoms with Crippen LogP contribution in [0.1, 0.15) is 56.9 Å². The Morgan fingerprint density at radius 1 is 1.13 bits per heavy atom. The van der Waals surface area contributed by atoms with E-state index >= 15 is 0 Å². The molecule has 0 aliphatic carbocycles. The van der Waals surface area contributed by atoms with Crippen molar-refractivity contribution in [1.29, 1.82) is 0 Å². The monoisotopic (exact) mass is 454 g/mol. The van der Waals surface area contributed by atoms with Crippen molar-refractivity contribution >= 4 is 21.8 Å². The van der Waals surface area contributed by atoms with Gasteiger partial charge in [-0.15, -0.1) is 0 Å². The SMILES string of the molecule is CCCCNC(=O)C1CCCN(C(=O)C2CCN(S(=O)(=O)c3c(C)noc3C)CC2)C1. The summed E-state index contributed by atoms with van der Waals surface area (Å²) in [6, 6.07) is 0. The van der Waals surface area contributed by atoms with E-state index in [0.717, 1.165) is 25.7 Å². The number of aromatic nitrogens is 1. The van der Waals surface area contributed by atoms with E-state index in [4.69, 9.17) is 4.52 Å². The Kier molecular flexibility index (Phi) is 7.74. The van der Waals surface area contributed by atoms with Crippen molar-refractivity contribution in [3.8, 4) is 0 Å². The summed E-state index contributed by atoms with van der Waals surface area (Å²) in [5, 5.41) is 6.73. The molecule has 0 radical (unpaired) electrons. The topological polar surface area (TPSA) is 113 Å². The number of unbranched alkanes of at least 4 members (excludes halogenated alkanes) is 1. The molecule has 0 bridgehead atoms. The van der Waals surface area contributed by atoms with Gasteiger partial charge in [0.05, 0.1) is 5.92 Å². The molecular formula is C21H34N4O5S. The largest absolute Gasteiger partial charge is 0.360 e. The van der Waals surface area contributed by atoms with Gasteiger partial charge in [-0.2, -0.15) is 4.31 Å². The van der Waals surface area contributed by atoms with Gasteiger partial charge in [0, 0.05) is 38.6 Å². The highest BCUT2D eigenvalue weighted by Crippen LogP contribution is 2.29. The van der Waals surface area contributed by atoms with Crippen LogP contribution in [0.15, 0.2) is 9.42 Å². The van der Waals surface area contributed by atoms with Gasteiger partial charge in [0.25, 0.3) is 0 Å². The van der Waals surface area contributed by atoms with Crippen LogP contribution in [0.25, 0.3) is 0 Å². The number of hydrogen-bond acceptors (Lipinski definition) is 6. The molecule has 31 heavy (non-hydrogen) atoms. The van der Waals surface area contributed by atoms with Gasteiger partial charge in [0.2, 0.25) is 21.8 Å². The highest BCUT2D eigenvalue weighted by Gasteiger charge is 2.37. The second kappa shape index (κ2) is 10.1. The van der Waals surface area contributed by atoms with Crippen molar-refractivity contribution < 1.29 is 22.5 Å². The van der Waals surface area contributed by atoms with E-state index in [1.165, 1.54) is 4.31 Å². The number of carbonyl (C=O) groups excluding carboxylic acids is 2. The second-order valence-electron chi connectivity index (χ2n) is 8.60. The zero-order chi connectivity index (χ0) is 22.6. The lowest BCUT2D eigenvalue weighted by molar-refractivity contribution is -0.140. The maximum Gasteiger partial charge on any atom is 0.248 e. The van der Waals surface area contributed by atoms with Crippen LogP contribution >= 0.6 is 0 Å². The molecule has 2 amide bonds. The minimum absolute atomic E-state index is 0.0336. The molecule has 1 atom stereocenters. The normalized spacial score (nSPS) is 21.3. The van der Waals surface area contributed by atoms with Gasteiger partial charge >= 0.3 is 0 Å². The maximum absolute atomic E-state index is 13.1. The van der Waals surface area contributed by atoms with Crippen molar-refractivity contribution in [2.45, 2.75) is 64.2 Å². The van der Waals surface area contributed by atoms with Gasteiger partial charge in [-0.3, -0.25) is 9.59 Å². The third kappa shape index (κ3) is 5.28. The van der Waals surface area contributed by atoms with E-state index in [-0.39, 0.29) is 47.4 Å². The molecular weight excluding hydrogens is 420 g/mol. The fraction of sp³-hybridized carbons (Fsp3) is 0.762. The first-order valence-corrected chi connectivity index (χ1v) is 12.7. The van der Waals surface area contributed by atoms with Gasteiger partial charge < -0.3 is 14.7 Å². The standard InChI is InChI=1S/C21H34N4O5S/c1-4-5-10-22-20(26)18-7-6-11-24(14-18)21(27)17-8-12-25(13-9-17)31(28,29)19-15(2)23-30-16(19)3/h17-18H,4-14H2,1-3H3,(H,22,26). The molecule has 1 unspecified atom stereocenters. The molecule has 1 N–H and O–H groups in total. The molecule has 2 fully saturated rings. The van der Waals surface area contributed by atoms with Crippen LogP contribution in [0.3, 0.4) is 0 Å². The minimum Gasteiger partial charge on any atom is -0.360 e. The zero-order valence-corrected chi connectivity index (χ0v) is 19.5. The third-order valence-corrected chi connectivity index (χ3v) is 8.45. The fourth-order valence-corrected chi connectivity index (χ4v) is 6.26. The van der Waals surface area contributed by atoms with E-state index in [2.05, 4.69) is 17.4 Å². The average molecular weight is 455 g/mol. The van der Waals surface area contributed by atoms with Gasteiger partial charge in [-0.25, -0.2) is 8.42 Å². The van der Waals surface area contributed by atoms with Crippen molar-refractivity contribution in [3.05, 3.63) is 11.5 Å². The molecule has 0 aromatic carbocycles. The van der Waals surface area contributed by atoms with E-state index < -0.39 is 10.0 Å².